The second kappa shape index (κ2) is 17.2. The van der Waals surface area contributed by atoms with E-state index >= 15 is 0 Å². The molecule has 6 rings (SSSR count). The van der Waals surface area contributed by atoms with Gasteiger partial charge in [-0.05, 0) is 39.0 Å². The summed E-state index contributed by atoms with van der Waals surface area (Å²) in [7, 11) is 0. The van der Waals surface area contributed by atoms with Gasteiger partial charge >= 0.3 is 0 Å². The molecule has 3 aliphatic heterocycles. The van der Waals surface area contributed by atoms with Gasteiger partial charge in [0.05, 0.1) is 38.6 Å². The number of nitrogens with one attached hydrogen (secondary N) is 3. The lowest BCUT2D eigenvalue weighted by Crippen LogP contribution is -2.33. The third-order valence-corrected chi connectivity index (χ3v) is 9.78. The summed E-state index contributed by atoms with van der Waals surface area (Å²) in [5.41, 5.74) is 2.80. The van der Waals surface area contributed by atoms with Gasteiger partial charge in [-0.3, -0.25) is 38.4 Å². The number of carbonyl (C=O) groups is 8. The first kappa shape index (κ1) is 43.4. The predicted molar refractivity (Wildman–Crippen MR) is 208 cm³/mol. The summed E-state index contributed by atoms with van der Waals surface area (Å²) in [5.74, 6) is -2.84. The molecule has 3 amide bonds. The minimum Gasteiger partial charge on any atom is -0.507 e. The average Bonchev–Trinajstić information content (AvgIpc) is 3.22. The van der Waals surface area contributed by atoms with Gasteiger partial charge in [-0.2, -0.15) is 0 Å². The number of hydrogen-bond acceptors (Lipinski definition) is 11. The first-order chi connectivity index (χ1) is 26.0. The van der Waals surface area contributed by atoms with Crippen LogP contribution in [-0.2, 0) is 75.9 Å². The topological polar surface area (TPSA) is 233 Å². The molecule has 3 aromatic carbocycles. The summed E-state index contributed by atoms with van der Waals surface area (Å²) in [5, 5.41) is 38.8. The number of Topliss-reactive ketones (excluding diaryl/α,β-unsaturated/α-hetero) is 5. The fraction of sp³-hybridized carbons (Fsp3) is 0.333. The molecule has 3 aromatic rings. The number of rotatable bonds is 6. The Kier molecular flexibility index (Phi) is 13.4. The fourth-order valence-electron chi connectivity index (χ4n) is 6.52. The molecule has 0 aliphatic carbocycles. The number of aromatic hydroxyl groups is 3. The largest absolute Gasteiger partial charge is 0.507 e. The summed E-state index contributed by atoms with van der Waals surface area (Å²) in [6, 6.07) is 4.40. The highest BCUT2D eigenvalue weighted by Crippen LogP contribution is 2.47. The lowest BCUT2D eigenvalue weighted by Gasteiger charge is -2.34. The Hall–Kier alpha value is -5.31. The average molecular weight is 831 g/mol. The van der Waals surface area contributed by atoms with Gasteiger partial charge in [0.15, 0.2) is 0 Å². The second-order valence-electron chi connectivity index (χ2n) is 14.3. The molecule has 0 fully saturated rings. The van der Waals surface area contributed by atoms with E-state index in [0.29, 0.717) is 33.0 Å². The lowest BCUT2D eigenvalue weighted by atomic mass is 9.76. The molecule has 0 aromatic heterocycles. The van der Waals surface area contributed by atoms with Crippen molar-refractivity contribution in [3.8, 4) is 17.2 Å². The Labute approximate surface area is 335 Å². The van der Waals surface area contributed by atoms with Crippen LogP contribution in [-0.4, -0.2) is 62.0 Å². The van der Waals surface area contributed by atoms with E-state index in [1.807, 2.05) is 13.8 Å². The van der Waals surface area contributed by atoms with E-state index in [2.05, 4.69) is 16.0 Å². The molecule has 0 radical (unpaired) electrons. The summed E-state index contributed by atoms with van der Waals surface area (Å²) < 4.78 is 0. The lowest BCUT2D eigenvalue weighted by molar-refractivity contribution is -0.134. The van der Waals surface area contributed by atoms with Crippen molar-refractivity contribution < 1.29 is 53.7 Å². The molecule has 6 N–H and O–H groups in total. The van der Waals surface area contributed by atoms with Crippen molar-refractivity contribution in [3.05, 3.63) is 66.6 Å². The third-order valence-electron chi connectivity index (χ3n) is 8.88. The monoisotopic (exact) mass is 829 g/mol. The molecule has 0 spiro atoms. The summed E-state index contributed by atoms with van der Waals surface area (Å²) >= 11 is 18.2. The molecular weight excluding hydrogens is 793 g/mol. The second-order valence-corrected chi connectivity index (χ2v) is 15.5. The maximum Gasteiger partial charge on any atom is 0.292 e. The van der Waals surface area contributed by atoms with Crippen LogP contribution in [0.15, 0.2) is 18.2 Å². The van der Waals surface area contributed by atoms with Gasteiger partial charge in [0, 0.05) is 77.3 Å². The number of hydrogen-bond donors (Lipinski definition) is 6. The Balaban J connectivity index is 0.000000187. The van der Waals surface area contributed by atoms with Crippen molar-refractivity contribution in [2.45, 2.75) is 85.0 Å². The number of halogens is 3. The third kappa shape index (κ3) is 9.91. The molecule has 0 unspecified atom stereocenters. The van der Waals surface area contributed by atoms with E-state index in [4.69, 9.17) is 34.8 Å². The van der Waals surface area contributed by atoms with Gasteiger partial charge < -0.3 is 31.3 Å². The normalized spacial score (nSPS) is 15.2. The number of phenols is 3. The zero-order chi connectivity index (χ0) is 42.0. The van der Waals surface area contributed by atoms with Gasteiger partial charge in [0.1, 0.15) is 40.4 Å². The number of phenolic OH excluding ortho intramolecular Hbond substituents is 3. The first-order valence-electron chi connectivity index (χ1n) is 17.1. The number of anilines is 3. The molecular formula is C39H38Cl3N3O11. The predicted octanol–water partition coefficient (Wildman–Crippen LogP) is 5.67. The van der Waals surface area contributed by atoms with E-state index in [1.54, 1.807) is 6.07 Å². The Bertz CT molecular complexity index is 2250. The number of ketones is 5. The Morgan fingerprint density at radius 3 is 1.50 bits per heavy atom. The molecule has 56 heavy (non-hydrogen) atoms. The van der Waals surface area contributed by atoms with Gasteiger partial charge in [-0.15, -0.1) is 0 Å². The number of carbonyl (C=O) groups excluding carboxylic acids is 8. The van der Waals surface area contributed by atoms with Crippen LogP contribution in [0.1, 0.15) is 80.8 Å². The van der Waals surface area contributed by atoms with E-state index in [-0.39, 0.29) is 124 Å². The maximum atomic E-state index is 11.7. The SMILES string of the molecule is CC(=O)Cc1cc(Cl)c2c(c1O)C(C)(C)CC(=O)N2.CC(=O)Cc1cc(Cl)c2c(c1O)CC(=O)C(=O)N2.CC(=O)Cc1cc(Cl)c2c(c1O)CC(=O)CC(=O)N2. The first-order valence-corrected chi connectivity index (χ1v) is 18.2. The van der Waals surface area contributed by atoms with Crippen LogP contribution < -0.4 is 16.0 Å². The van der Waals surface area contributed by atoms with Crippen LogP contribution >= 0.6 is 34.8 Å². The van der Waals surface area contributed by atoms with Gasteiger partial charge in [0.25, 0.3) is 5.91 Å². The highest BCUT2D eigenvalue weighted by Gasteiger charge is 2.37. The van der Waals surface area contributed by atoms with Crippen molar-refractivity contribution in [3.63, 3.8) is 0 Å². The molecule has 296 valence electrons. The van der Waals surface area contributed by atoms with Crippen LogP contribution in [0.5, 0.6) is 17.2 Å². The zero-order valence-corrected chi connectivity index (χ0v) is 33.2. The smallest absolute Gasteiger partial charge is 0.292 e. The minimum absolute atomic E-state index is 0.0287. The van der Waals surface area contributed by atoms with Crippen LogP contribution in [0.4, 0.5) is 17.1 Å². The minimum atomic E-state index is -0.747. The van der Waals surface area contributed by atoms with Gasteiger partial charge in [0.2, 0.25) is 17.6 Å². The van der Waals surface area contributed by atoms with Crippen LogP contribution in [0, 0.1) is 0 Å². The quantitative estimate of drug-likeness (QED) is 0.131. The summed E-state index contributed by atoms with van der Waals surface area (Å²) in [4.78, 5) is 90.7. The maximum absolute atomic E-state index is 11.7. The van der Waals surface area contributed by atoms with E-state index in [9.17, 15) is 53.7 Å². The number of fused-ring (bicyclic) bond motifs is 3. The molecule has 0 bridgehead atoms. The van der Waals surface area contributed by atoms with E-state index in [1.165, 1.54) is 32.9 Å². The zero-order valence-electron chi connectivity index (χ0n) is 30.9. The van der Waals surface area contributed by atoms with Gasteiger partial charge in [-0.25, -0.2) is 0 Å². The Morgan fingerprint density at radius 1 is 0.607 bits per heavy atom. The summed E-state index contributed by atoms with van der Waals surface area (Å²) in [6.45, 7) is 7.99. The van der Waals surface area contributed by atoms with Crippen molar-refractivity contribution in [1.82, 2.24) is 0 Å². The molecule has 0 saturated carbocycles. The van der Waals surface area contributed by atoms with Gasteiger partial charge in [-0.1, -0.05) is 48.7 Å². The van der Waals surface area contributed by atoms with Crippen molar-refractivity contribution in [2.24, 2.45) is 0 Å². The van der Waals surface area contributed by atoms with Crippen molar-refractivity contribution in [1.29, 1.82) is 0 Å². The number of benzene rings is 3. The van der Waals surface area contributed by atoms with Crippen LogP contribution in [0.3, 0.4) is 0 Å². The Morgan fingerprint density at radius 2 is 1.02 bits per heavy atom. The molecule has 3 aliphatic rings. The van der Waals surface area contributed by atoms with Crippen LogP contribution in [0.25, 0.3) is 0 Å². The molecule has 3 heterocycles. The molecule has 17 heteroatoms. The molecule has 0 saturated heterocycles. The highest BCUT2D eigenvalue weighted by atomic mass is 35.5. The standard InChI is InChI=1S/C14H16ClNO3.C13H12ClNO4.C12H10ClNO4/c1-7(17)4-8-5-9(15)12-11(13(8)19)14(2,3)6-10(18)16-12;1-6(16)2-7-3-10(14)12-9(13(7)19)4-8(17)5-11(18)15-12;1-5(15)2-6-3-8(13)10-7(11(6)17)4-9(16)12(18)14-10/h5,19H,4,6H2,1-3H3,(H,16,18);3,19H,2,4-5H2,1H3,(H,15,18);3,17H,2,4H2,1H3,(H,14,18). The fourth-order valence-corrected chi connectivity index (χ4v) is 7.38. The van der Waals surface area contributed by atoms with Crippen molar-refractivity contribution in [2.75, 3.05) is 16.0 Å². The highest BCUT2D eigenvalue weighted by molar-refractivity contribution is 6.45. The summed E-state index contributed by atoms with van der Waals surface area (Å²) in [6.07, 6.45) is -0.0749. The van der Waals surface area contributed by atoms with E-state index < -0.39 is 23.0 Å². The number of amides is 3. The molecule has 14 nitrogen and oxygen atoms in total. The van der Waals surface area contributed by atoms with E-state index in [0.717, 1.165) is 0 Å². The van der Waals surface area contributed by atoms with Crippen LogP contribution in [0.2, 0.25) is 15.1 Å². The van der Waals surface area contributed by atoms with Crippen molar-refractivity contribution >= 4 is 98.5 Å². The molecule has 0 atom stereocenters.